The molecule has 1 heterocycles. The Morgan fingerprint density at radius 1 is 1.03 bits per heavy atom. The number of nitrogens with one attached hydrogen (secondary N) is 1. The van der Waals surface area contributed by atoms with Crippen molar-refractivity contribution in [2.75, 3.05) is 44.2 Å². The summed E-state index contributed by atoms with van der Waals surface area (Å²) in [6.07, 6.45) is 0.703. The molecule has 0 saturated heterocycles. The number of nitrogens with zero attached hydrogens (tertiary/aromatic N) is 2. The Labute approximate surface area is 200 Å². The molecule has 1 unspecified atom stereocenters. The van der Waals surface area contributed by atoms with Gasteiger partial charge in [0.05, 0.1) is 5.56 Å². The summed E-state index contributed by atoms with van der Waals surface area (Å²) in [6, 6.07) is 11.9. The molecular weight excluding hydrogens is 434 g/mol. The van der Waals surface area contributed by atoms with Gasteiger partial charge in [0.15, 0.2) is 0 Å². The molecule has 1 aliphatic heterocycles. The first-order chi connectivity index (χ1) is 16.0. The Bertz CT molecular complexity index is 1060. The number of benzene rings is 2. The van der Waals surface area contributed by atoms with E-state index in [0.717, 1.165) is 16.8 Å². The Morgan fingerprint density at radius 3 is 2.32 bits per heavy atom. The third-order valence-electron chi connectivity index (χ3n) is 5.69. The van der Waals surface area contributed by atoms with Crippen LogP contribution >= 0.6 is 0 Å². The van der Waals surface area contributed by atoms with E-state index in [4.69, 9.17) is 9.47 Å². The summed E-state index contributed by atoms with van der Waals surface area (Å²) in [6.45, 7) is 6.05. The van der Waals surface area contributed by atoms with Crippen molar-refractivity contribution in [3.8, 4) is 0 Å². The number of hydrogen-bond donors (Lipinski definition) is 1. The molecule has 2 amide bonds. The molecule has 0 fully saturated rings. The molecule has 3 rings (SSSR count). The lowest BCUT2D eigenvalue weighted by Crippen LogP contribution is -2.43. The summed E-state index contributed by atoms with van der Waals surface area (Å²) in [5, 5.41) is 3.31. The minimum atomic E-state index is -0.580. The molecule has 1 aliphatic rings. The van der Waals surface area contributed by atoms with Gasteiger partial charge in [-0.05, 0) is 68.7 Å². The number of methoxy groups -OCH3 is 1. The zero-order valence-corrected chi connectivity index (χ0v) is 20.7. The standard InChI is InChI=1S/C26H33N3O5/c1-26(2,3)34-25(32)17-10-12-18(13-11-17)28(4)24(31)23-20-8-7-9-21(19(20)14-15-27-23)29(5)22(30)16-33-6/h7-13,23,27H,14-16H2,1-6H3. The quantitative estimate of drug-likeness (QED) is 0.657. The Kier molecular flexibility index (Phi) is 7.74. The van der Waals surface area contributed by atoms with Gasteiger partial charge in [-0.25, -0.2) is 4.79 Å². The van der Waals surface area contributed by atoms with Gasteiger partial charge in [0.2, 0.25) is 5.91 Å². The highest BCUT2D eigenvalue weighted by molar-refractivity contribution is 5.99. The van der Waals surface area contributed by atoms with Crippen LogP contribution in [0.25, 0.3) is 0 Å². The second-order valence-corrected chi connectivity index (χ2v) is 9.31. The number of rotatable bonds is 6. The molecule has 8 heteroatoms. The average molecular weight is 468 g/mol. The lowest BCUT2D eigenvalue weighted by atomic mass is 9.91. The number of likely N-dealkylation sites (N-methyl/N-ethyl adjacent to an activating group) is 2. The lowest BCUT2D eigenvalue weighted by Gasteiger charge is -2.32. The number of carbonyl (C=O) groups is 3. The van der Waals surface area contributed by atoms with Gasteiger partial charge in [-0.3, -0.25) is 9.59 Å². The smallest absolute Gasteiger partial charge is 0.338 e. The van der Waals surface area contributed by atoms with Crippen LogP contribution in [-0.2, 0) is 25.5 Å². The minimum Gasteiger partial charge on any atom is -0.456 e. The minimum absolute atomic E-state index is 0.0111. The second kappa shape index (κ2) is 10.4. The Morgan fingerprint density at radius 2 is 1.71 bits per heavy atom. The third kappa shape index (κ3) is 5.63. The SMILES string of the molecule is COCC(=O)N(C)c1cccc2c1CCNC2C(=O)N(C)c1ccc(C(=O)OC(C)(C)C)cc1. The summed E-state index contributed by atoms with van der Waals surface area (Å²) < 4.78 is 10.4. The fourth-order valence-electron chi connectivity index (χ4n) is 3.95. The molecule has 1 atom stereocenters. The highest BCUT2D eigenvalue weighted by Gasteiger charge is 2.31. The Hall–Kier alpha value is -3.23. The van der Waals surface area contributed by atoms with Gasteiger partial charge in [0, 0.05) is 39.1 Å². The van der Waals surface area contributed by atoms with Gasteiger partial charge < -0.3 is 24.6 Å². The topological polar surface area (TPSA) is 88.2 Å². The second-order valence-electron chi connectivity index (χ2n) is 9.31. The van der Waals surface area contributed by atoms with Crippen LogP contribution in [-0.4, -0.2) is 57.7 Å². The molecular formula is C26H33N3O5. The summed E-state index contributed by atoms with van der Waals surface area (Å²) in [5.74, 6) is -0.691. The summed E-state index contributed by atoms with van der Waals surface area (Å²) in [5.41, 5.74) is 3.11. The van der Waals surface area contributed by atoms with Crippen molar-refractivity contribution >= 4 is 29.2 Å². The van der Waals surface area contributed by atoms with Crippen molar-refractivity contribution in [2.45, 2.75) is 38.8 Å². The summed E-state index contributed by atoms with van der Waals surface area (Å²) >= 11 is 0. The number of hydrogen-bond acceptors (Lipinski definition) is 6. The maximum absolute atomic E-state index is 13.5. The van der Waals surface area contributed by atoms with Crippen LogP contribution in [0, 0.1) is 0 Å². The molecule has 34 heavy (non-hydrogen) atoms. The third-order valence-corrected chi connectivity index (χ3v) is 5.69. The molecule has 2 aromatic rings. The van der Waals surface area contributed by atoms with Crippen LogP contribution in [0.3, 0.4) is 0 Å². The monoisotopic (exact) mass is 467 g/mol. The summed E-state index contributed by atoms with van der Waals surface area (Å²) in [7, 11) is 4.91. The van der Waals surface area contributed by atoms with Crippen molar-refractivity contribution in [3.63, 3.8) is 0 Å². The van der Waals surface area contributed by atoms with Crippen molar-refractivity contribution in [1.29, 1.82) is 0 Å². The molecule has 0 bridgehead atoms. The molecule has 0 aromatic heterocycles. The largest absolute Gasteiger partial charge is 0.456 e. The van der Waals surface area contributed by atoms with Gasteiger partial charge >= 0.3 is 5.97 Å². The predicted octanol–water partition coefficient (Wildman–Crippen LogP) is 3.10. The van der Waals surface area contributed by atoms with Crippen LogP contribution in [0.1, 0.15) is 48.3 Å². The van der Waals surface area contributed by atoms with E-state index in [-0.39, 0.29) is 18.4 Å². The highest BCUT2D eigenvalue weighted by atomic mass is 16.6. The number of amides is 2. The molecule has 0 spiro atoms. The lowest BCUT2D eigenvalue weighted by molar-refractivity contribution is -0.122. The first-order valence-corrected chi connectivity index (χ1v) is 11.2. The van der Waals surface area contributed by atoms with Crippen LogP contribution in [0.15, 0.2) is 42.5 Å². The van der Waals surface area contributed by atoms with E-state index in [1.54, 1.807) is 48.2 Å². The maximum Gasteiger partial charge on any atom is 0.338 e. The zero-order valence-electron chi connectivity index (χ0n) is 20.7. The van der Waals surface area contributed by atoms with Gasteiger partial charge in [-0.1, -0.05) is 12.1 Å². The van der Waals surface area contributed by atoms with Gasteiger partial charge in [0.25, 0.3) is 5.91 Å². The molecule has 0 radical (unpaired) electrons. The highest BCUT2D eigenvalue weighted by Crippen LogP contribution is 2.32. The fraction of sp³-hybridized carbons (Fsp3) is 0.423. The average Bonchev–Trinajstić information content (AvgIpc) is 2.81. The fourth-order valence-corrected chi connectivity index (χ4v) is 3.95. The first-order valence-electron chi connectivity index (χ1n) is 11.2. The van der Waals surface area contributed by atoms with E-state index < -0.39 is 17.6 Å². The van der Waals surface area contributed by atoms with E-state index >= 15 is 0 Å². The number of esters is 1. The number of anilines is 2. The van der Waals surface area contributed by atoms with Crippen molar-refractivity contribution < 1.29 is 23.9 Å². The molecule has 0 saturated carbocycles. The van der Waals surface area contributed by atoms with Crippen LogP contribution in [0.2, 0.25) is 0 Å². The molecule has 182 valence electrons. The zero-order chi connectivity index (χ0) is 25.0. The van der Waals surface area contributed by atoms with Crippen LogP contribution < -0.4 is 15.1 Å². The predicted molar refractivity (Wildman–Crippen MR) is 131 cm³/mol. The van der Waals surface area contributed by atoms with E-state index in [2.05, 4.69) is 5.32 Å². The molecule has 0 aliphatic carbocycles. The number of ether oxygens (including phenoxy) is 2. The van der Waals surface area contributed by atoms with Crippen molar-refractivity contribution in [3.05, 3.63) is 59.2 Å². The van der Waals surface area contributed by atoms with E-state index in [0.29, 0.717) is 24.2 Å². The first kappa shape index (κ1) is 25.4. The van der Waals surface area contributed by atoms with E-state index in [1.807, 2.05) is 39.0 Å². The molecule has 1 N–H and O–H groups in total. The van der Waals surface area contributed by atoms with Crippen LogP contribution in [0.4, 0.5) is 11.4 Å². The summed E-state index contributed by atoms with van der Waals surface area (Å²) in [4.78, 5) is 41.3. The normalized spacial score (nSPS) is 15.3. The molecule has 2 aromatic carbocycles. The van der Waals surface area contributed by atoms with Gasteiger partial charge in [-0.2, -0.15) is 0 Å². The van der Waals surface area contributed by atoms with Crippen molar-refractivity contribution in [1.82, 2.24) is 5.32 Å². The Balaban J connectivity index is 1.82. The van der Waals surface area contributed by atoms with Gasteiger partial charge in [0.1, 0.15) is 18.2 Å². The number of carbonyl (C=O) groups excluding carboxylic acids is 3. The number of fused-ring (bicyclic) bond motifs is 1. The van der Waals surface area contributed by atoms with E-state index in [9.17, 15) is 14.4 Å². The molecule has 8 nitrogen and oxygen atoms in total. The van der Waals surface area contributed by atoms with Gasteiger partial charge in [-0.15, -0.1) is 0 Å². The van der Waals surface area contributed by atoms with Crippen LogP contribution in [0.5, 0.6) is 0 Å². The van der Waals surface area contributed by atoms with E-state index in [1.165, 1.54) is 7.11 Å². The maximum atomic E-state index is 13.5. The van der Waals surface area contributed by atoms with Crippen molar-refractivity contribution in [2.24, 2.45) is 0 Å².